The van der Waals surface area contributed by atoms with Gasteiger partial charge < -0.3 is 10.8 Å². The van der Waals surface area contributed by atoms with Gasteiger partial charge in [0.2, 0.25) is 0 Å². The molecule has 7 heteroatoms. The first-order chi connectivity index (χ1) is 8.41. The first-order valence-electron chi connectivity index (χ1n) is 5.55. The Morgan fingerprint density at radius 2 is 2.11 bits per heavy atom. The van der Waals surface area contributed by atoms with Crippen molar-refractivity contribution in [2.75, 3.05) is 5.73 Å². The van der Waals surface area contributed by atoms with Crippen molar-refractivity contribution in [1.29, 1.82) is 0 Å². The summed E-state index contributed by atoms with van der Waals surface area (Å²) in [5, 5.41) is 18.9. The third kappa shape index (κ3) is 2.09. The number of anilines is 1. The molecule has 1 unspecified atom stereocenters. The van der Waals surface area contributed by atoms with Gasteiger partial charge in [-0.05, 0) is 6.92 Å². The summed E-state index contributed by atoms with van der Waals surface area (Å²) in [6, 6.07) is 0. The maximum atomic E-state index is 10.2. The zero-order chi connectivity index (χ0) is 13.4. The highest BCUT2D eigenvalue weighted by molar-refractivity contribution is 6.30. The van der Waals surface area contributed by atoms with Gasteiger partial charge in [-0.2, -0.15) is 10.2 Å². The van der Waals surface area contributed by atoms with Gasteiger partial charge >= 0.3 is 0 Å². The van der Waals surface area contributed by atoms with Crippen LogP contribution < -0.4 is 5.73 Å². The molecular weight excluding hydrogens is 254 g/mol. The average Bonchev–Trinajstić information content (AvgIpc) is 2.75. The summed E-state index contributed by atoms with van der Waals surface area (Å²) in [5.74, 6) is 0.458. The maximum Gasteiger partial charge on any atom is 0.130 e. The van der Waals surface area contributed by atoms with Crippen LogP contribution in [0, 0.1) is 6.92 Å². The number of hydrogen-bond donors (Lipinski definition) is 2. The van der Waals surface area contributed by atoms with Gasteiger partial charge in [-0.15, -0.1) is 0 Å². The van der Waals surface area contributed by atoms with E-state index in [-0.39, 0.29) is 0 Å². The zero-order valence-corrected chi connectivity index (χ0v) is 11.3. The third-order valence-corrected chi connectivity index (χ3v) is 3.51. The molecule has 2 rings (SSSR count). The second kappa shape index (κ2) is 4.62. The summed E-state index contributed by atoms with van der Waals surface area (Å²) in [5.41, 5.74) is 8.07. The highest BCUT2D eigenvalue weighted by Gasteiger charge is 2.20. The smallest absolute Gasteiger partial charge is 0.130 e. The summed E-state index contributed by atoms with van der Waals surface area (Å²) >= 11 is 6.13. The quantitative estimate of drug-likeness (QED) is 0.870. The predicted octanol–water partition coefficient (Wildman–Crippen LogP) is 0.974. The van der Waals surface area contributed by atoms with Gasteiger partial charge in [-0.25, -0.2) is 0 Å². The number of aromatic nitrogens is 4. The lowest BCUT2D eigenvalue weighted by Crippen LogP contribution is -2.06. The van der Waals surface area contributed by atoms with Crippen LogP contribution in [0.15, 0.2) is 6.20 Å². The lowest BCUT2D eigenvalue weighted by molar-refractivity contribution is 0.179. The number of aliphatic hydroxyl groups excluding tert-OH is 1. The molecule has 2 heterocycles. The van der Waals surface area contributed by atoms with Crippen LogP contribution in [0.4, 0.5) is 5.82 Å². The molecule has 0 radical (unpaired) electrons. The predicted molar refractivity (Wildman–Crippen MR) is 69.2 cm³/mol. The summed E-state index contributed by atoms with van der Waals surface area (Å²) in [4.78, 5) is 0. The molecule has 0 bridgehead atoms. The molecule has 0 saturated heterocycles. The fourth-order valence-electron chi connectivity index (χ4n) is 1.93. The van der Waals surface area contributed by atoms with Gasteiger partial charge in [0, 0.05) is 31.6 Å². The van der Waals surface area contributed by atoms with Crippen molar-refractivity contribution in [2.24, 2.45) is 14.1 Å². The monoisotopic (exact) mass is 269 g/mol. The average molecular weight is 270 g/mol. The van der Waals surface area contributed by atoms with Crippen LogP contribution in [-0.2, 0) is 20.5 Å². The Morgan fingerprint density at radius 3 is 2.56 bits per heavy atom. The number of nitrogens with two attached hydrogens (primary N) is 1. The maximum absolute atomic E-state index is 10.2. The Bertz CT molecular complexity index is 574. The van der Waals surface area contributed by atoms with E-state index in [2.05, 4.69) is 10.2 Å². The van der Waals surface area contributed by atoms with Crippen LogP contribution in [0.1, 0.15) is 22.9 Å². The normalized spacial score (nSPS) is 12.9. The third-order valence-electron chi connectivity index (χ3n) is 3.04. The lowest BCUT2D eigenvalue weighted by Gasteiger charge is -2.09. The van der Waals surface area contributed by atoms with Crippen LogP contribution in [0.2, 0.25) is 5.15 Å². The van der Waals surface area contributed by atoms with Crippen LogP contribution >= 0.6 is 11.6 Å². The molecule has 0 saturated carbocycles. The Balaban J connectivity index is 2.26. The number of rotatable bonds is 3. The molecule has 2 aromatic heterocycles. The van der Waals surface area contributed by atoms with E-state index in [9.17, 15) is 5.11 Å². The standard InChI is InChI=1S/C11H16ClN5O/c1-6-7(10(12)16(2)15-6)4-9(18)8-5-14-17(3)11(8)13/h5,9,18H,4,13H2,1-3H3. The largest absolute Gasteiger partial charge is 0.388 e. The minimum Gasteiger partial charge on any atom is -0.388 e. The van der Waals surface area contributed by atoms with Crippen molar-refractivity contribution in [2.45, 2.75) is 19.4 Å². The second-order valence-corrected chi connectivity index (χ2v) is 4.67. The van der Waals surface area contributed by atoms with Gasteiger partial charge in [0.1, 0.15) is 11.0 Å². The zero-order valence-electron chi connectivity index (χ0n) is 10.6. The Labute approximate surface area is 110 Å². The molecule has 0 aliphatic heterocycles. The number of nitrogens with zero attached hydrogens (tertiary/aromatic N) is 4. The van der Waals surface area contributed by atoms with Crippen molar-refractivity contribution in [3.05, 3.63) is 28.2 Å². The molecule has 0 fully saturated rings. The molecule has 1 atom stereocenters. The van der Waals surface area contributed by atoms with Crippen LogP contribution in [-0.4, -0.2) is 24.7 Å². The fraction of sp³-hybridized carbons (Fsp3) is 0.455. The SMILES string of the molecule is Cc1nn(C)c(Cl)c1CC(O)c1cnn(C)c1N. The van der Waals surface area contributed by atoms with Gasteiger partial charge in [0.05, 0.1) is 18.0 Å². The molecule has 2 aromatic rings. The first kappa shape index (κ1) is 12.9. The first-order valence-corrected chi connectivity index (χ1v) is 5.93. The van der Waals surface area contributed by atoms with E-state index >= 15 is 0 Å². The van der Waals surface area contributed by atoms with Gasteiger partial charge in [0.15, 0.2) is 0 Å². The second-order valence-electron chi connectivity index (χ2n) is 4.31. The van der Waals surface area contributed by atoms with E-state index in [1.54, 1.807) is 25.0 Å². The number of hydrogen-bond acceptors (Lipinski definition) is 4. The molecule has 0 spiro atoms. The minimum absolute atomic E-state index is 0.369. The van der Waals surface area contributed by atoms with Crippen LogP contribution in [0.25, 0.3) is 0 Å². The topological polar surface area (TPSA) is 81.9 Å². The van der Waals surface area contributed by atoms with Crippen molar-refractivity contribution >= 4 is 17.4 Å². The van der Waals surface area contributed by atoms with Gasteiger partial charge in [-0.3, -0.25) is 9.36 Å². The number of nitrogen functional groups attached to an aromatic ring is 1. The molecule has 0 aliphatic rings. The van der Waals surface area contributed by atoms with E-state index in [1.165, 1.54) is 4.68 Å². The number of aliphatic hydroxyl groups is 1. The van der Waals surface area contributed by atoms with Crippen molar-refractivity contribution < 1.29 is 5.11 Å². The number of aryl methyl sites for hydroxylation is 3. The molecule has 0 aromatic carbocycles. The molecule has 18 heavy (non-hydrogen) atoms. The van der Waals surface area contributed by atoms with E-state index in [0.29, 0.717) is 23.0 Å². The molecule has 0 aliphatic carbocycles. The van der Waals surface area contributed by atoms with Gasteiger partial charge in [-0.1, -0.05) is 11.6 Å². The fourth-order valence-corrected chi connectivity index (χ4v) is 2.18. The molecule has 98 valence electrons. The van der Waals surface area contributed by atoms with Crippen LogP contribution in [0.3, 0.4) is 0 Å². The Morgan fingerprint density at radius 1 is 1.44 bits per heavy atom. The molecule has 3 N–H and O–H groups in total. The highest BCUT2D eigenvalue weighted by atomic mass is 35.5. The van der Waals surface area contributed by atoms with E-state index in [4.69, 9.17) is 17.3 Å². The van der Waals surface area contributed by atoms with Crippen molar-refractivity contribution in [1.82, 2.24) is 19.6 Å². The summed E-state index contributed by atoms with van der Waals surface area (Å²) in [7, 11) is 3.50. The van der Waals surface area contributed by atoms with E-state index < -0.39 is 6.10 Å². The van der Waals surface area contributed by atoms with E-state index in [1.807, 2.05) is 6.92 Å². The van der Waals surface area contributed by atoms with Crippen molar-refractivity contribution in [3.8, 4) is 0 Å². The molecule has 0 amide bonds. The van der Waals surface area contributed by atoms with E-state index in [0.717, 1.165) is 11.3 Å². The summed E-state index contributed by atoms with van der Waals surface area (Å²) in [6.45, 7) is 1.86. The Kier molecular flexibility index (Phi) is 3.32. The summed E-state index contributed by atoms with van der Waals surface area (Å²) < 4.78 is 3.11. The number of halogens is 1. The van der Waals surface area contributed by atoms with Crippen molar-refractivity contribution in [3.63, 3.8) is 0 Å². The van der Waals surface area contributed by atoms with Crippen LogP contribution in [0.5, 0.6) is 0 Å². The minimum atomic E-state index is -0.737. The Hall–Kier alpha value is -1.53. The highest BCUT2D eigenvalue weighted by Crippen LogP contribution is 2.27. The summed E-state index contributed by atoms with van der Waals surface area (Å²) in [6.07, 6.45) is 1.20. The van der Waals surface area contributed by atoms with Gasteiger partial charge in [0.25, 0.3) is 0 Å². The lowest BCUT2D eigenvalue weighted by atomic mass is 10.0. The molecular formula is C11H16ClN5O. The molecule has 6 nitrogen and oxygen atoms in total.